The number of aromatic nitrogens is 3. The van der Waals surface area contributed by atoms with Gasteiger partial charge in [0.05, 0.1) is 0 Å². The van der Waals surface area contributed by atoms with Crippen LogP contribution in [0.3, 0.4) is 0 Å². The molecule has 238 valence electrons. The van der Waals surface area contributed by atoms with Crippen molar-refractivity contribution < 1.29 is 0 Å². The molecule has 0 saturated heterocycles. The van der Waals surface area contributed by atoms with Gasteiger partial charge < -0.3 is 0 Å². The lowest BCUT2D eigenvalue weighted by atomic mass is 10.0. The minimum absolute atomic E-state index is 0.671. The van der Waals surface area contributed by atoms with Crippen LogP contribution in [0, 0.1) is 0 Å². The van der Waals surface area contributed by atoms with Gasteiger partial charge in [0.15, 0.2) is 17.5 Å². The highest BCUT2D eigenvalue weighted by atomic mass is 32.1. The lowest BCUT2D eigenvalue weighted by Crippen LogP contribution is -2.00. The summed E-state index contributed by atoms with van der Waals surface area (Å²) >= 11 is 5.50. The van der Waals surface area contributed by atoms with E-state index in [1.54, 1.807) is 11.3 Å². The van der Waals surface area contributed by atoms with E-state index >= 15 is 0 Å². The molecule has 4 aromatic heterocycles. The summed E-state index contributed by atoms with van der Waals surface area (Å²) in [5.41, 5.74) is 5.51. The van der Waals surface area contributed by atoms with Crippen LogP contribution < -0.4 is 0 Å². The number of rotatable bonds is 4. The predicted octanol–water partition coefficient (Wildman–Crippen LogP) is 13.6. The first kappa shape index (κ1) is 29.0. The molecular formula is C45H25N3S3. The average Bonchev–Trinajstić information content (AvgIpc) is 3.88. The molecule has 0 N–H and O–H groups in total. The molecular weight excluding hydrogens is 679 g/mol. The van der Waals surface area contributed by atoms with Crippen molar-refractivity contribution in [1.29, 1.82) is 0 Å². The average molecular weight is 704 g/mol. The monoisotopic (exact) mass is 703 g/mol. The molecule has 0 bridgehead atoms. The van der Waals surface area contributed by atoms with Crippen LogP contribution in [0.4, 0.5) is 0 Å². The van der Waals surface area contributed by atoms with Gasteiger partial charge in [-0.05, 0) is 41.5 Å². The second-order valence-electron chi connectivity index (χ2n) is 12.8. The van der Waals surface area contributed by atoms with Gasteiger partial charge in [-0.25, -0.2) is 15.0 Å². The van der Waals surface area contributed by atoms with Gasteiger partial charge >= 0.3 is 0 Å². The van der Waals surface area contributed by atoms with E-state index < -0.39 is 0 Å². The van der Waals surface area contributed by atoms with E-state index in [1.807, 2.05) is 40.9 Å². The van der Waals surface area contributed by atoms with Crippen LogP contribution in [-0.4, -0.2) is 15.0 Å². The molecule has 0 radical (unpaired) electrons. The predicted molar refractivity (Wildman–Crippen MR) is 220 cm³/mol. The molecule has 0 fully saturated rings. The maximum Gasteiger partial charge on any atom is 0.165 e. The summed E-state index contributed by atoms with van der Waals surface area (Å²) in [6.45, 7) is 0. The molecule has 51 heavy (non-hydrogen) atoms. The zero-order valence-electron chi connectivity index (χ0n) is 27.0. The van der Waals surface area contributed by atoms with E-state index in [4.69, 9.17) is 15.0 Å². The SMILES string of the molecule is c1ccc(-c2nc(-c3ccc4c(c3)sc3cc(-c5cccc6c5sc5ccccc56)ccc34)nc(-c3cccc4c3sc3ccccc34)n2)cc1. The minimum Gasteiger partial charge on any atom is -0.208 e. The maximum atomic E-state index is 5.17. The quantitative estimate of drug-likeness (QED) is 0.183. The molecule has 4 heterocycles. The van der Waals surface area contributed by atoms with E-state index in [0.29, 0.717) is 17.5 Å². The summed E-state index contributed by atoms with van der Waals surface area (Å²) in [5.74, 6) is 2.03. The zero-order chi connectivity index (χ0) is 33.5. The Morgan fingerprint density at radius 3 is 1.47 bits per heavy atom. The van der Waals surface area contributed by atoms with Crippen molar-refractivity contribution in [3.63, 3.8) is 0 Å². The number of fused-ring (bicyclic) bond motifs is 9. The van der Waals surface area contributed by atoms with Crippen molar-refractivity contribution in [2.45, 2.75) is 0 Å². The van der Waals surface area contributed by atoms with E-state index in [1.165, 1.54) is 71.6 Å². The van der Waals surface area contributed by atoms with Gasteiger partial charge in [-0.2, -0.15) is 0 Å². The Hall–Kier alpha value is -5.79. The Balaban J connectivity index is 1.06. The van der Waals surface area contributed by atoms with Crippen molar-refractivity contribution in [2.24, 2.45) is 0 Å². The first-order valence-electron chi connectivity index (χ1n) is 16.8. The van der Waals surface area contributed by atoms with E-state index in [-0.39, 0.29) is 0 Å². The molecule has 11 rings (SSSR count). The standard InChI is InChI=1S/C45H25N3S3/c1-2-10-26(11-3-1)43-46-44(48-45(47-43)36-17-9-16-35-31-13-5-7-19-38(31)51-42(35)36)28-21-23-33-32-22-20-27(24-39(32)49-40(33)25-28)29-14-8-15-34-30-12-4-6-18-37(30)50-41(29)34/h1-25H. The molecule has 0 aliphatic heterocycles. The third-order valence-corrected chi connectivity index (χ3v) is 13.3. The van der Waals surface area contributed by atoms with Gasteiger partial charge in [-0.1, -0.05) is 121 Å². The number of hydrogen-bond acceptors (Lipinski definition) is 6. The Morgan fingerprint density at radius 1 is 0.294 bits per heavy atom. The van der Waals surface area contributed by atoms with Gasteiger partial charge in [0.2, 0.25) is 0 Å². The van der Waals surface area contributed by atoms with Crippen molar-refractivity contribution in [3.05, 3.63) is 152 Å². The first-order chi connectivity index (χ1) is 25.2. The molecule has 11 aromatic rings. The molecule has 6 heteroatoms. The largest absolute Gasteiger partial charge is 0.208 e. The summed E-state index contributed by atoms with van der Waals surface area (Å²) in [6.07, 6.45) is 0. The Bertz CT molecular complexity index is 3150. The lowest BCUT2D eigenvalue weighted by Gasteiger charge is -2.09. The van der Waals surface area contributed by atoms with Crippen LogP contribution in [0.2, 0.25) is 0 Å². The third kappa shape index (κ3) is 4.65. The summed E-state index contributed by atoms with van der Waals surface area (Å²) in [4.78, 5) is 15.3. The molecule has 3 nitrogen and oxygen atoms in total. The number of hydrogen-bond donors (Lipinski definition) is 0. The van der Waals surface area contributed by atoms with Gasteiger partial charge in [0, 0.05) is 77.2 Å². The fraction of sp³-hybridized carbons (Fsp3) is 0. The molecule has 0 unspecified atom stereocenters. The van der Waals surface area contributed by atoms with Crippen LogP contribution in [0.5, 0.6) is 0 Å². The fourth-order valence-corrected chi connectivity index (χ4v) is 11.0. The Labute approximate surface area is 304 Å². The number of nitrogens with zero attached hydrogens (tertiary/aromatic N) is 3. The molecule has 0 aliphatic carbocycles. The second-order valence-corrected chi connectivity index (χ2v) is 15.9. The van der Waals surface area contributed by atoms with Gasteiger partial charge in [-0.3, -0.25) is 0 Å². The summed E-state index contributed by atoms with van der Waals surface area (Å²) in [5, 5.41) is 7.66. The number of benzene rings is 7. The third-order valence-electron chi connectivity index (χ3n) is 9.76. The smallest absolute Gasteiger partial charge is 0.165 e. The lowest BCUT2D eigenvalue weighted by molar-refractivity contribution is 1.08. The summed E-state index contributed by atoms with van der Waals surface area (Å²) < 4.78 is 7.61. The molecule has 0 saturated carbocycles. The molecule has 7 aromatic carbocycles. The van der Waals surface area contributed by atoms with Crippen LogP contribution in [0.25, 0.3) is 106 Å². The molecule has 0 aliphatic rings. The van der Waals surface area contributed by atoms with Gasteiger partial charge in [0.1, 0.15) is 0 Å². The van der Waals surface area contributed by atoms with Crippen molar-refractivity contribution in [2.75, 3.05) is 0 Å². The van der Waals surface area contributed by atoms with Crippen LogP contribution in [0.1, 0.15) is 0 Å². The Morgan fingerprint density at radius 2 is 0.784 bits per heavy atom. The highest BCUT2D eigenvalue weighted by Crippen LogP contribution is 2.43. The zero-order valence-corrected chi connectivity index (χ0v) is 29.4. The van der Waals surface area contributed by atoms with E-state index in [9.17, 15) is 0 Å². The van der Waals surface area contributed by atoms with Crippen LogP contribution in [-0.2, 0) is 0 Å². The summed E-state index contributed by atoms with van der Waals surface area (Å²) in [6, 6.07) is 54.2. The Kier molecular flexibility index (Phi) is 6.46. The van der Waals surface area contributed by atoms with Crippen molar-refractivity contribution in [3.8, 4) is 45.3 Å². The van der Waals surface area contributed by atoms with E-state index in [2.05, 4.69) is 133 Å². The highest BCUT2D eigenvalue weighted by molar-refractivity contribution is 7.27. The summed E-state index contributed by atoms with van der Waals surface area (Å²) in [7, 11) is 0. The fourth-order valence-electron chi connectivity index (χ4n) is 7.32. The highest BCUT2D eigenvalue weighted by Gasteiger charge is 2.18. The maximum absolute atomic E-state index is 5.17. The van der Waals surface area contributed by atoms with E-state index in [0.717, 1.165) is 16.7 Å². The topological polar surface area (TPSA) is 38.7 Å². The van der Waals surface area contributed by atoms with Crippen molar-refractivity contribution >= 4 is 94.5 Å². The normalized spacial score (nSPS) is 11.9. The molecule has 0 spiro atoms. The van der Waals surface area contributed by atoms with Crippen LogP contribution >= 0.6 is 34.0 Å². The van der Waals surface area contributed by atoms with Crippen LogP contribution in [0.15, 0.2) is 152 Å². The molecule has 0 atom stereocenters. The van der Waals surface area contributed by atoms with Gasteiger partial charge in [0.25, 0.3) is 0 Å². The molecule has 0 amide bonds. The van der Waals surface area contributed by atoms with Gasteiger partial charge in [-0.15, -0.1) is 34.0 Å². The minimum atomic E-state index is 0.671. The van der Waals surface area contributed by atoms with Crippen molar-refractivity contribution in [1.82, 2.24) is 15.0 Å². The number of thiophene rings is 3. The first-order valence-corrected chi connectivity index (χ1v) is 19.3. The second kappa shape index (κ2) is 11.4.